The number of aromatic nitrogens is 3. The second-order valence-electron chi connectivity index (χ2n) is 10.3. The van der Waals surface area contributed by atoms with E-state index < -0.39 is 41.9 Å². The van der Waals surface area contributed by atoms with Crippen LogP contribution in [0.1, 0.15) is 41.6 Å². The fourth-order valence-electron chi connectivity index (χ4n) is 5.20. The summed E-state index contributed by atoms with van der Waals surface area (Å²) in [6.45, 7) is -0.228. The Labute approximate surface area is 226 Å². The number of halogens is 3. The number of ether oxygens (including phenoxy) is 3. The fraction of sp³-hybridized carbons (Fsp3) is 0.500. The van der Waals surface area contributed by atoms with E-state index in [4.69, 9.17) is 25.8 Å². The third kappa shape index (κ3) is 5.38. The minimum Gasteiger partial charge on any atom is -0.471 e. The number of hydrogen-bond acceptors (Lipinski definition) is 8. The number of H-pyrrole nitrogens is 1. The van der Waals surface area contributed by atoms with E-state index in [1.54, 1.807) is 0 Å². The van der Waals surface area contributed by atoms with Gasteiger partial charge < -0.3 is 34.7 Å². The Balaban J connectivity index is 1.11. The van der Waals surface area contributed by atoms with Crippen molar-refractivity contribution in [3.63, 3.8) is 0 Å². The molecule has 39 heavy (non-hydrogen) atoms. The van der Waals surface area contributed by atoms with E-state index in [0.29, 0.717) is 11.9 Å². The number of carbonyl (C=O) groups is 1. The molecule has 5 atom stereocenters. The lowest BCUT2D eigenvalue weighted by atomic mass is 10.0. The zero-order chi connectivity index (χ0) is 27.3. The molecule has 3 fully saturated rings. The summed E-state index contributed by atoms with van der Waals surface area (Å²) < 4.78 is 46.6. The van der Waals surface area contributed by atoms with Gasteiger partial charge in [0.05, 0.1) is 36.0 Å². The lowest BCUT2D eigenvalue weighted by Gasteiger charge is -2.17. The predicted octanol–water partition coefficient (Wildman–Crippen LogP) is 2.89. The molecule has 2 unspecified atom stereocenters. The van der Waals surface area contributed by atoms with E-state index >= 15 is 0 Å². The highest BCUT2D eigenvalue weighted by molar-refractivity contribution is 6.32. The van der Waals surface area contributed by atoms with Crippen molar-refractivity contribution in [2.75, 3.05) is 13.2 Å². The van der Waals surface area contributed by atoms with E-state index in [1.165, 1.54) is 6.07 Å². The molecule has 4 N–H and O–H groups in total. The molecule has 13 heteroatoms. The number of hydrogen-bond donors (Lipinski definition) is 4. The maximum absolute atomic E-state index is 14.7. The Hall–Kier alpha value is -3.06. The van der Waals surface area contributed by atoms with Gasteiger partial charge in [-0.2, -0.15) is 9.97 Å². The quantitative estimate of drug-likeness (QED) is 0.311. The van der Waals surface area contributed by atoms with Crippen LogP contribution in [-0.2, 0) is 11.3 Å². The van der Waals surface area contributed by atoms with Crippen LogP contribution in [0.2, 0.25) is 5.02 Å². The molecule has 0 radical (unpaired) electrons. The van der Waals surface area contributed by atoms with Gasteiger partial charge in [-0.05, 0) is 49.8 Å². The lowest BCUT2D eigenvalue weighted by molar-refractivity contribution is 0.0135. The number of benzene rings is 1. The third-order valence-electron chi connectivity index (χ3n) is 7.56. The van der Waals surface area contributed by atoms with Crippen molar-refractivity contribution in [1.82, 2.24) is 20.3 Å². The van der Waals surface area contributed by atoms with Gasteiger partial charge in [-0.1, -0.05) is 11.6 Å². The topological polar surface area (TPSA) is 139 Å². The van der Waals surface area contributed by atoms with Crippen LogP contribution in [0.25, 0.3) is 11.2 Å². The summed E-state index contributed by atoms with van der Waals surface area (Å²) in [5.41, 5.74) is 0.101. The SMILES string of the molecule is O=C(NCC(O)C1CC1)c1cc(F)c(COc2nc3nc(O[C@@H]4CCC5[C@H](O)CO[C@@H]54)[nH]c3cc2Cl)c(F)c1. The first kappa shape index (κ1) is 26.2. The van der Waals surface area contributed by atoms with Crippen LogP contribution in [0.3, 0.4) is 0 Å². The first-order chi connectivity index (χ1) is 18.8. The zero-order valence-corrected chi connectivity index (χ0v) is 21.5. The van der Waals surface area contributed by atoms with Crippen molar-refractivity contribution in [2.45, 2.75) is 56.7 Å². The average molecular weight is 565 g/mol. The number of fused-ring (bicyclic) bond motifs is 2. The number of aliphatic hydroxyl groups excluding tert-OH is 2. The summed E-state index contributed by atoms with van der Waals surface area (Å²) in [4.78, 5) is 23.8. The zero-order valence-electron chi connectivity index (χ0n) is 20.7. The normalized spacial score (nSPS) is 25.1. The summed E-state index contributed by atoms with van der Waals surface area (Å²) in [5.74, 6) is -2.50. The summed E-state index contributed by atoms with van der Waals surface area (Å²) in [6.07, 6.45) is 1.67. The van der Waals surface area contributed by atoms with Gasteiger partial charge in [0, 0.05) is 18.0 Å². The van der Waals surface area contributed by atoms with Crippen molar-refractivity contribution in [3.8, 4) is 11.9 Å². The smallest absolute Gasteiger partial charge is 0.296 e. The maximum Gasteiger partial charge on any atom is 0.296 e. The van der Waals surface area contributed by atoms with E-state index in [9.17, 15) is 23.8 Å². The molecule has 2 saturated carbocycles. The van der Waals surface area contributed by atoms with Crippen molar-refractivity contribution < 1.29 is 38.0 Å². The monoisotopic (exact) mass is 564 g/mol. The number of pyridine rings is 1. The molecule has 3 aromatic rings. The lowest BCUT2D eigenvalue weighted by Crippen LogP contribution is -2.33. The Bertz CT molecular complexity index is 1380. The Morgan fingerprint density at radius 2 is 1.97 bits per heavy atom. The minimum absolute atomic E-state index is 0.0167. The van der Waals surface area contributed by atoms with Gasteiger partial charge in [0.2, 0.25) is 5.88 Å². The number of nitrogens with zero attached hydrogens (tertiary/aromatic N) is 2. The molecule has 208 valence electrons. The highest BCUT2D eigenvalue weighted by Crippen LogP contribution is 2.38. The van der Waals surface area contributed by atoms with Crippen molar-refractivity contribution in [1.29, 1.82) is 0 Å². The van der Waals surface area contributed by atoms with Gasteiger partial charge in [0.1, 0.15) is 29.4 Å². The van der Waals surface area contributed by atoms with Crippen molar-refractivity contribution in [3.05, 3.63) is 46.0 Å². The molecule has 6 rings (SSSR count). The predicted molar refractivity (Wildman–Crippen MR) is 134 cm³/mol. The number of aromatic amines is 1. The van der Waals surface area contributed by atoms with Gasteiger partial charge in [-0.3, -0.25) is 4.79 Å². The Morgan fingerprint density at radius 3 is 2.72 bits per heavy atom. The third-order valence-corrected chi connectivity index (χ3v) is 7.83. The molecule has 1 saturated heterocycles. The summed E-state index contributed by atoms with van der Waals surface area (Å²) in [6, 6.07) is 3.55. The molecule has 1 amide bonds. The second-order valence-corrected chi connectivity index (χ2v) is 10.7. The van der Waals surface area contributed by atoms with Gasteiger partial charge in [-0.25, -0.2) is 8.78 Å². The first-order valence-electron chi connectivity index (χ1n) is 12.9. The molecule has 3 aliphatic rings. The maximum atomic E-state index is 14.7. The number of amides is 1. The van der Waals surface area contributed by atoms with Crippen molar-refractivity contribution >= 4 is 28.7 Å². The highest BCUT2D eigenvalue weighted by Gasteiger charge is 2.47. The minimum atomic E-state index is -0.968. The number of rotatable bonds is 9. The first-order valence-corrected chi connectivity index (χ1v) is 13.2. The number of aliphatic hydroxyl groups is 2. The molecule has 1 aliphatic heterocycles. The van der Waals surface area contributed by atoms with Gasteiger partial charge in [-0.15, -0.1) is 0 Å². The molecular weight excluding hydrogens is 538 g/mol. The summed E-state index contributed by atoms with van der Waals surface area (Å²) in [5, 5.41) is 22.5. The van der Waals surface area contributed by atoms with Crippen LogP contribution in [0, 0.1) is 23.5 Å². The van der Waals surface area contributed by atoms with Gasteiger partial charge >= 0.3 is 0 Å². The molecule has 1 aromatic carbocycles. The molecule has 0 spiro atoms. The molecule has 0 bridgehead atoms. The van der Waals surface area contributed by atoms with Crippen LogP contribution in [0.4, 0.5) is 8.78 Å². The van der Waals surface area contributed by atoms with Crippen LogP contribution < -0.4 is 14.8 Å². The van der Waals surface area contributed by atoms with Crippen LogP contribution in [0.15, 0.2) is 18.2 Å². The second kappa shape index (κ2) is 10.5. The number of imidazole rings is 1. The summed E-state index contributed by atoms with van der Waals surface area (Å²) in [7, 11) is 0. The van der Waals surface area contributed by atoms with E-state index in [0.717, 1.165) is 31.4 Å². The molecule has 2 aliphatic carbocycles. The molecule has 2 aromatic heterocycles. The largest absolute Gasteiger partial charge is 0.471 e. The van der Waals surface area contributed by atoms with Crippen LogP contribution in [-0.4, -0.2) is 68.6 Å². The fourth-order valence-corrected chi connectivity index (χ4v) is 5.41. The number of nitrogens with one attached hydrogen (secondary N) is 2. The standard InChI is InChI=1S/C26H27ClF2N4O6/c27-15-7-18-23(33-26(31-18)39-21-4-3-13-20(35)10-37-22(13)21)32-25(15)38-9-14-16(28)5-12(6-17(14)29)24(36)30-8-19(34)11-1-2-11/h5-7,11,13,19-22,34-35H,1-4,8-10H2,(H,30,36)(H,31,32,33)/t13?,19?,20-,21-,22+/m1/s1. The molecule has 10 nitrogen and oxygen atoms in total. The number of carbonyl (C=O) groups excluding carboxylic acids is 1. The van der Waals surface area contributed by atoms with Gasteiger partial charge in [0.25, 0.3) is 11.9 Å². The van der Waals surface area contributed by atoms with E-state index in [1.807, 2.05) is 0 Å². The van der Waals surface area contributed by atoms with Crippen LogP contribution >= 0.6 is 11.6 Å². The van der Waals surface area contributed by atoms with Crippen LogP contribution in [0.5, 0.6) is 11.9 Å². The average Bonchev–Trinajstić information content (AvgIpc) is 3.43. The molecule has 3 heterocycles. The van der Waals surface area contributed by atoms with E-state index in [-0.39, 0.29) is 65.3 Å². The Morgan fingerprint density at radius 1 is 1.21 bits per heavy atom. The highest BCUT2D eigenvalue weighted by atomic mass is 35.5. The Kier molecular flexibility index (Phi) is 7.04. The van der Waals surface area contributed by atoms with Crippen molar-refractivity contribution in [2.24, 2.45) is 11.8 Å². The summed E-state index contributed by atoms with van der Waals surface area (Å²) >= 11 is 6.29. The van der Waals surface area contributed by atoms with E-state index in [2.05, 4.69) is 20.3 Å². The van der Waals surface area contributed by atoms with Gasteiger partial charge in [0.15, 0.2) is 5.65 Å². The molecular formula is C26H27ClF2N4O6.